The smallest absolute Gasteiger partial charge is 0.343 e. The van der Waals surface area contributed by atoms with Crippen LogP contribution in [-0.2, 0) is 18.5 Å². The molecule has 11 rings (SSSR count). The van der Waals surface area contributed by atoms with Crippen LogP contribution in [0.2, 0.25) is 0 Å². The second-order valence-electron chi connectivity index (χ2n) is 15.9. The maximum Gasteiger partial charge on any atom is 0.343 e. The fourth-order valence-electron chi connectivity index (χ4n) is 9.20. The van der Waals surface area contributed by atoms with Crippen molar-refractivity contribution >= 4 is 23.3 Å². The van der Waals surface area contributed by atoms with Crippen molar-refractivity contribution in [1.29, 1.82) is 0 Å². The van der Waals surface area contributed by atoms with Gasteiger partial charge in [-0.15, -0.1) is 0 Å². The van der Waals surface area contributed by atoms with Crippen LogP contribution in [0.25, 0.3) is 11.1 Å². The molecule has 0 saturated heterocycles. The summed E-state index contributed by atoms with van der Waals surface area (Å²) >= 11 is 0. The molecule has 8 aromatic carbocycles. The predicted octanol–water partition coefficient (Wildman–Crippen LogP) is 11.2. The summed E-state index contributed by atoms with van der Waals surface area (Å²) in [6.45, 7) is 2.32. The van der Waals surface area contributed by atoms with Crippen LogP contribution in [-0.4, -0.2) is 25.4 Å². The van der Waals surface area contributed by atoms with E-state index in [4.69, 9.17) is 18.9 Å². The van der Waals surface area contributed by atoms with Crippen molar-refractivity contribution in [1.82, 2.24) is 0 Å². The van der Waals surface area contributed by atoms with Crippen LogP contribution in [0, 0.1) is 0 Å². The van der Waals surface area contributed by atoms with Crippen molar-refractivity contribution < 1.29 is 28.5 Å². The molecular weight excluding hydrogens is 785 g/mol. The van der Waals surface area contributed by atoms with E-state index in [1.165, 1.54) is 0 Å². The molecular formula is C55H40N2O6. The number of esters is 2. The summed E-state index contributed by atoms with van der Waals surface area (Å²) in [6, 6.07) is 63.4. The third-order valence-corrected chi connectivity index (χ3v) is 12.3. The SMILES string of the molecule is O=C(Oc1ccc(C2(c3ccc(OC(=O)c4ccc(N5COc6ccccc6C5)cc4)cc3)c3ccccc3-c3ccccc32)cc1)c1ccc(N2COc3ccccc3C2)cc1. The number of ether oxygens (including phenoxy) is 4. The van der Waals surface area contributed by atoms with Crippen LogP contribution in [0.3, 0.4) is 0 Å². The molecule has 8 aromatic rings. The van der Waals surface area contributed by atoms with E-state index in [1.807, 2.05) is 109 Å². The Morgan fingerprint density at radius 3 is 1.24 bits per heavy atom. The van der Waals surface area contributed by atoms with Gasteiger partial charge in [-0.05, 0) is 118 Å². The summed E-state index contributed by atoms with van der Waals surface area (Å²) < 4.78 is 23.7. The molecule has 3 aliphatic rings. The zero-order valence-corrected chi connectivity index (χ0v) is 34.1. The highest BCUT2D eigenvalue weighted by molar-refractivity contribution is 5.92. The Balaban J connectivity index is 0.832. The minimum absolute atomic E-state index is 0.434. The van der Waals surface area contributed by atoms with Crippen molar-refractivity contribution in [2.45, 2.75) is 18.5 Å². The Kier molecular flexibility index (Phi) is 9.46. The highest BCUT2D eigenvalue weighted by Crippen LogP contribution is 2.56. The molecule has 63 heavy (non-hydrogen) atoms. The number of carbonyl (C=O) groups is 2. The maximum absolute atomic E-state index is 13.4. The van der Waals surface area contributed by atoms with Gasteiger partial charge in [-0.1, -0.05) is 109 Å². The Morgan fingerprint density at radius 2 is 0.810 bits per heavy atom. The van der Waals surface area contributed by atoms with Gasteiger partial charge in [-0.3, -0.25) is 0 Å². The van der Waals surface area contributed by atoms with Crippen LogP contribution >= 0.6 is 0 Å². The van der Waals surface area contributed by atoms with E-state index in [0.717, 1.165) is 80.5 Å². The van der Waals surface area contributed by atoms with Gasteiger partial charge in [-0.25, -0.2) is 9.59 Å². The lowest BCUT2D eigenvalue weighted by molar-refractivity contribution is 0.0725. The van der Waals surface area contributed by atoms with Crippen molar-refractivity contribution in [3.8, 4) is 34.1 Å². The molecule has 8 heteroatoms. The molecule has 0 spiro atoms. The molecule has 0 unspecified atom stereocenters. The van der Waals surface area contributed by atoms with E-state index in [9.17, 15) is 9.59 Å². The van der Waals surface area contributed by atoms with Gasteiger partial charge in [0, 0.05) is 35.6 Å². The first-order valence-electron chi connectivity index (χ1n) is 21.0. The molecule has 0 amide bonds. The van der Waals surface area contributed by atoms with Crippen LogP contribution in [0.4, 0.5) is 11.4 Å². The molecule has 0 saturated carbocycles. The van der Waals surface area contributed by atoms with Gasteiger partial charge >= 0.3 is 11.9 Å². The van der Waals surface area contributed by atoms with Crippen LogP contribution in [0.5, 0.6) is 23.0 Å². The van der Waals surface area contributed by atoms with E-state index in [1.54, 1.807) is 24.3 Å². The van der Waals surface area contributed by atoms with E-state index in [0.29, 0.717) is 36.1 Å². The first kappa shape index (κ1) is 37.9. The summed E-state index contributed by atoms with van der Waals surface area (Å²) in [5.41, 5.74) is 10.9. The minimum atomic E-state index is -0.707. The number of hydrogen-bond acceptors (Lipinski definition) is 8. The minimum Gasteiger partial charge on any atom is -0.473 e. The second kappa shape index (κ2) is 15.7. The molecule has 2 heterocycles. The fraction of sp³-hybridized carbons (Fsp3) is 0.0909. The van der Waals surface area contributed by atoms with Gasteiger partial charge in [-0.2, -0.15) is 0 Å². The van der Waals surface area contributed by atoms with Gasteiger partial charge < -0.3 is 28.7 Å². The Bertz CT molecular complexity index is 2790. The highest BCUT2D eigenvalue weighted by atomic mass is 16.5. The topological polar surface area (TPSA) is 77.5 Å². The molecule has 0 atom stereocenters. The van der Waals surface area contributed by atoms with E-state index in [2.05, 4.69) is 70.5 Å². The monoisotopic (exact) mass is 824 g/mol. The molecule has 0 aromatic heterocycles. The molecule has 0 radical (unpaired) electrons. The maximum atomic E-state index is 13.4. The first-order chi connectivity index (χ1) is 31.0. The molecule has 306 valence electrons. The predicted molar refractivity (Wildman–Crippen MR) is 243 cm³/mol. The average molecular weight is 825 g/mol. The van der Waals surface area contributed by atoms with Crippen molar-refractivity contribution in [3.05, 3.63) is 239 Å². The number of benzene rings is 8. The lowest BCUT2D eigenvalue weighted by Gasteiger charge is -2.34. The van der Waals surface area contributed by atoms with Gasteiger partial charge in [0.2, 0.25) is 0 Å². The lowest BCUT2D eigenvalue weighted by Crippen LogP contribution is -2.31. The highest BCUT2D eigenvalue weighted by Gasteiger charge is 2.46. The summed E-state index contributed by atoms with van der Waals surface area (Å²) in [5.74, 6) is 1.80. The quantitative estimate of drug-likeness (QED) is 0.111. The van der Waals surface area contributed by atoms with Crippen LogP contribution in [0.15, 0.2) is 194 Å². The number of hydrogen-bond donors (Lipinski definition) is 0. The molecule has 0 N–H and O–H groups in total. The van der Waals surface area contributed by atoms with E-state index >= 15 is 0 Å². The number of nitrogens with zero attached hydrogens (tertiary/aromatic N) is 2. The van der Waals surface area contributed by atoms with Gasteiger partial charge in [0.05, 0.1) is 16.5 Å². The largest absolute Gasteiger partial charge is 0.473 e. The number of fused-ring (bicyclic) bond motifs is 5. The Hall–Kier alpha value is -8.10. The second-order valence-corrected chi connectivity index (χ2v) is 15.9. The summed E-state index contributed by atoms with van der Waals surface area (Å²) in [7, 11) is 0. The van der Waals surface area contributed by atoms with Crippen LogP contribution in [0.1, 0.15) is 54.1 Å². The fourth-order valence-corrected chi connectivity index (χ4v) is 9.20. The van der Waals surface area contributed by atoms with Crippen LogP contribution < -0.4 is 28.7 Å². The first-order valence-corrected chi connectivity index (χ1v) is 21.0. The number of anilines is 2. The van der Waals surface area contributed by atoms with Gasteiger partial charge in [0.1, 0.15) is 23.0 Å². The molecule has 1 aliphatic carbocycles. The molecule has 0 bridgehead atoms. The van der Waals surface area contributed by atoms with Crippen molar-refractivity contribution in [2.75, 3.05) is 23.3 Å². The lowest BCUT2D eigenvalue weighted by atomic mass is 9.68. The van der Waals surface area contributed by atoms with Crippen molar-refractivity contribution in [3.63, 3.8) is 0 Å². The van der Waals surface area contributed by atoms with E-state index < -0.39 is 17.4 Å². The average Bonchev–Trinajstić information content (AvgIpc) is 3.65. The zero-order valence-electron chi connectivity index (χ0n) is 34.1. The summed E-state index contributed by atoms with van der Waals surface area (Å²) in [4.78, 5) is 31.1. The number of rotatable bonds is 8. The molecule has 2 aliphatic heterocycles. The third-order valence-electron chi connectivity index (χ3n) is 12.3. The van der Waals surface area contributed by atoms with Gasteiger partial charge in [0.25, 0.3) is 0 Å². The standard InChI is InChI=1S/C55H40N2O6/c58-53(37-17-25-43(26-18-37)56-33-39-9-1-7-15-51(39)60-35-56)62-45-29-21-41(22-30-45)55(49-13-5-3-11-47(49)48-12-4-6-14-50(48)55)42-23-31-46(32-24-42)63-54(59)38-19-27-44(28-20-38)57-34-40-10-2-8-16-52(40)61-36-57/h1-32H,33-36H2. The Labute approximate surface area is 365 Å². The third kappa shape index (κ3) is 6.82. The zero-order chi connectivity index (χ0) is 42.3. The Morgan fingerprint density at radius 1 is 0.429 bits per heavy atom. The number of carbonyl (C=O) groups excluding carboxylic acids is 2. The molecule has 8 nitrogen and oxygen atoms in total. The summed E-state index contributed by atoms with van der Waals surface area (Å²) in [6.07, 6.45) is 0. The van der Waals surface area contributed by atoms with E-state index in [-0.39, 0.29) is 0 Å². The van der Waals surface area contributed by atoms with Crippen molar-refractivity contribution in [2.24, 2.45) is 0 Å². The number of para-hydroxylation sites is 2. The molecule has 0 fully saturated rings. The van der Waals surface area contributed by atoms with Gasteiger partial charge in [0.15, 0.2) is 13.5 Å². The normalized spacial score (nSPS) is 14.2. The summed E-state index contributed by atoms with van der Waals surface area (Å²) in [5, 5.41) is 0.